The van der Waals surface area contributed by atoms with Crippen LogP contribution in [0, 0.1) is 5.21 Å². The Morgan fingerprint density at radius 3 is 1.45 bits per heavy atom. The van der Waals surface area contributed by atoms with E-state index in [1.54, 1.807) is 0 Å². The van der Waals surface area contributed by atoms with E-state index in [1.165, 1.54) is 0 Å². The van der Waals surface area contributed by atoms with Crippen LogP contribution in [-0.2, 0) is 0 Å². The summed E-state index contributed by atoms with van der Waals surface area (Å²) in [5.41, 5.74) is -1.12. The minimum atomic E-state index is -6.21. The lowest BCUT2D eigenvalue weighted by atomic mass is 10.2. The van der Waals surface area contributed by atoms with E-state index in [9.17, 15) is 57.9 Å². The minimum Gasteiger partial charge on any atom is -0.733 e. The van der Waals surface area contributed by atoms with Gasteiger partial charge in [-0.25, -0.2) is 0 Å². The maximum atomic E-state index is 12.9. The summed E-state index contributed by atoms with van der Waals surface area (Å²) in [6.45, 7) is 0. The van der Waals surface area contributed by atoms with Crippen LogP contribution in [0.4, 0.5) is 70.0 Å². The molecule has 40 heavy (non-hydrogen) atoms. The number of ether oxygens (including phenoxy) is 4. The Hall–Kier alpha value is -3.89. The number of nitrogens with one attached hydrogen (secondary N) is 1. The zero-order chi connectivity index (χ0) is 30.8. The van der Waals surface area contributed by atoms with Gasteiger partial charge in [0, 0.05) is 12.1 Å². The molecule has 1 aromatic heterocycles. The summed E-state index contributed by atoms with van der Waals surface area (Å²) in [5.74, 6) is -2.28. The van der Waals surface area contributed by atoms with E-state index in [-0.39, 0.29) is 0 Å². The van der Waals surface area contributed by atoms with Gasteiger partial charge in [0.1, 0.15) is 11.5 Å². The summed E-state index contributed by atoms with van der Waals surface area (Å²) in [6, 6.07) is -2.61. The van der Waals surface area contributed by atoms with Crippen molar-refractivity contribution in [1.29, 1.82) is 0 Å². The molecule has 0 spiro atoms. The van der Waals surface area contributed by atoms with Gasteiger partial charge in [0.25, 0.3) is 12.2 Å². The molecule has 0 bridgehead atoms. The molecule has 23 heteroatoms. The predicted molar refractivity (Wildman–Crippen MR) is 103 cm³/mol. The fourth-order valence-electron chi connectivity index (χ4n) is 2.60. The summed E-state index contributed by atoms with van der Waals surface area (Å²) in [5, 5.41) is 21.7. The minimum absolute atomic E-state index is 0.469. The van der Waals surface area contributed by atoms with Crippen molar-refractivity contribution in [3.63, 3.8) is 0 Å². The van der Waals surface area contributed by atoms with Crippen LogP contribution >= 0.6 is 0 Å². The van der Waals surface area contributed by atoms with Crippen molar-refractivity contribution in [2.45, 2.75) is 36.9 Å². The number of alkyl halides is 12. The summed E-state index contributed by atoms with van der Waals surface area (Å²) >= 11 is 0. The van der Waals surface area contributed by atoms with Gasteiger partial charge < -0.3 is 34.7 Å². The smallest absolute Gasteiger partial charge is 0.434 e. The molecule has 0 aliphatic heterocycles. The van der Waals surface area contributed by atoms with Crippen molar-refractivity contribution in [1.82, 2.24) is 15.0 Å². The van der Waals surface area contributed by atoms with Crippen molar-refractivity contribution in [3.8, 4) is 23.5 Å². The fourth-order valence-corrected chi connectivity index (χ4v) is 2.60. The zero-order valence-electron chi connectivity index (χ0n) is 19.1. The Balaban J connectivity index is 2.69. The first-order chi connectivity index (χ1) is 18.1. The molecule has 0 radical (unpaired) electrons. The van der Waals surface area contributed by atoms with Gasteiger partial charge in [-0.15, -0.1) is 4.98 Å². The third-order valence-corrected chi connectivity index (χ3v) is 4.18. The van der Waals surface area contributed by atoms with Gasteiger partial charge in [-0.3, -0.25) is 5.21 Å². The molecule has 2 aromatic rings. The van der Waals surface area contributed by atoms with Crippen LogP contribution < -0.4 is 29.5 Å². The molecule has 1 heterocycles. The van der Waals surface area contributed by atoms with E-state index in [4.69, 9.17) is 14.7 Å². The molecular weight excluding hydrogens is 598 g/mol. The molecule has 2 N–H and O–H groups in total. The van der Waals surface area contributed by atoms with Crippen LogP contribution in [0.25, 0.3) is 0 Å². The van der Waals surface area contributed by atoms with Crippen LogP contribution in [0.1, 0.15) is 0 Å². The quantitative estimate of drug-likeness (QED) is 0.291. The number of methoxy groups -OCH3 is 2. The summed E-state index contributed by atoms with van der Waals surface area (Å²) < 4.78 is 172. The molecule has 1 aromatic carbocycles. The van der Waals surface area contributed by atoms with E-state index in [0.717, 1.165) is 26.4 Å². The van der Waals surface area contributed by atoms with Crippen molar-refractivity contribution in [3.05, 3.63) is 17.3 Å². The SMILES string of the molecule is COc1cc(N([O-])O)c(OC)cc1Nc1nc(OC(C(F)(F)F)C(F)(F)F)nc(OC(C(F)(F)F)C(F)(F)F)n1. The Labute approximate surface area is 212 Å². The Bertz CT molecular complexity index is 1090. The summed E-state index contributed by atoms with van der Waals surface area (Å²) in [7, 11) is 1.90. The van der Waals surface area contributed by atoms with Crippen LogP contribution in [0.3, 0.4) is 0 Å². The van der Waals surface area contributed by atoms with Gasteiger partial charge in [-0.1, -0.05) is 0 Å². The molecule has 0 fully saturated rings. The summed E-state index contributed by atoms with van der Waals surface area (Å²) in [6.07, 6.45) is -34.2. The number of hydrogen-bond donors (Lipinski definition) is 2. The molecule has 0 amide bonds. The van der Waals surface area contributed by atoms with Gasteiger partial charge in [-0.2, -0.15) is 62.7 Å². The normalized spacial score (nSPS) is 12.9. The fraction of sp³-hybridized carbons (Fsp3) is 0.471. The molecule has 0 unspecified atom stereocenters. The maximum Gasteiger partial charge on any atom is 0.434 e. The first kappa shape index (κ1) is 32.3. The molecule has 0 atom stereocenters. The van der Waals surface area contributed by atoms with Crippen molar-refractivity contribution >= 4 is 17.3 Å². The second kappa shape index (κ2) is 11.3. The largest absolute Gasteiger partial charge is 0.733 e. The van der Waals surface area contributed by atoms with Crippen LogP contribution in [0.15, 0.2) is 12.1 Å². The second-order valence-corrected chi connectivity index (χ2v) is 7.01. The molecule has 11 nitrogen and oxygen atoms in total. The number of anilines is 3. The second-order valence-electron chi connectivity index (χ2n) is 7.01. The zero-order valence-corrected chi connectivity index (χ0v) is 19.1. The monoisotopic (exact) mass is 610 g/mol. The summed E-state index contributed by atoms with van der Waals surface area (Å²) in [4.78, 5) is 8.58. The van der Waals surface area contributed by atoms with Crippen molar-refractivity contribution in [2.75, 3.05) is 24.8 Å². The third kappa shape index (κ3) is 8.06. The average Bonchev–Trinajstić information content (AvgIpc) is 2.77. The van der Waals surface area contributed by atoms with E-state index in [0.29, 0.717) is 0 Å². The standard InChI is InChI=1S/C17H12F12N5O6/c1-37-7-4-6(34(35)36)8(38-2)3-5(7)30-11-31-12(39-9(14(18,19)20)15(21,22)23)33-13(32-11)40-10(16(24,25)26)17(27,28)29/h3-4,9-10,35H,1-2H3,(H,30,31,32,33)/q-1. The van der Waals surface area contributed by atoms with Crippen LogP contribution in [0.2, 0.25) is 0 Å². The lowest BCUT2D eigenvalue weighted by Gasteiger charge is -2.25. The maximum absolute atomic E-state index is 12.9. The highest BCUT2D eigenvalue weighted by molar-refractivity contribution is 5.73. The Morgan fingerprint density at radius 1 is 0.725 bits per heavy atom. The van der Waals surface area contributed by atoms with Gasteiger partial charge in [-0.05, 0) is 0 Å². The van der Waals surface area contributed by atoms with E-state index < -0.39 is 83.0 Å². The highest BCUT2D eigenvalue weighted by atomic mass is 19.4. The third-order valence-electron chi connectivity index (χ3n) is 4.18. The number of hydrogen-bond acceptors (Lipinski definition) is 11. The molecule has 2 rings (SSSR count). The molecule has 0 aliphatic rings. The lowest BCUT2D eigenvalue weighted by Crippen LogP contribution is -2.47. The van der Waals surface area contributed by atoms with E-state index in [2.05, 4.69) is 24.4 Å². The first-order valence-corrected chi connectivity index (χ1v) is 9.63. The molecular formula is C17H12F12N5O6-. The topological polar surface area (TPSA) is 134 Å². The van der Waals surface area contributed by atoms with Crippen molar-refractivity contribution < 1.29 is 76.8 Å². The van der Waals surface area contributed by atoms with E-state index >= 15 is 0 Å². The predicted octanol–water partition coefficient (Wildman–Crippen LogP) is 5.07. The van der Waals surface area contributed by atoms with Crippen molar-refractivity contribution in [2.24, 2.45) is 0 Å². The highest BCUT2D eigenvalue weighted by Gasteiger charge is 2.61. The first-order valence-electron chi connectivity index (χ1n) is 9.63. The van der Waals surface area contributed by atoms with Gasteiger partial charge >= 0.3 is 36.7 Å². The number of aromatic nitrogens is 3. The molecule has 0 saturated carbocycles. The Morgan fingerprint density at radius 2 is 1.12 bits per heavy atom. The average molecular weight is 610 g/mol. The molecule has 226 valence electrons. The van der Waals surface area contributed by atoms with Crippen LogP contribution in [-0.4, -0.2) is 71.3 Å². The van der Waals surface area contributed by atoms with E-state index in [1.807, 2.05) is 5.32 Å². The van der Waals surface area contributed by atoms with Gasteiger partial charge in [0.05, 0.1) is 25.6 Å². The van der Waals surface area contributed by atoms with Crippen LogP contribution in [0.5, 0.6) is 23.5 Å². The highest BCUT2D eigenvalue weighted by Crippen LogP contribution is 2.41. The number of halogens is 12. The lowest BCUT2D eigenvalue weighted by molar-refractivity contribution is -0.302. The number of rotatable bonds is 9. The van der Waals surface area contributed by atoms with Gasteiger partial charge in [0.2, 0.25) is 5.95 Å². The Kier molecular flexibility index (Phi) is 9.14. The van der Waals surface area contributed by atoms with Gasteiger partial charge in [0.15, 0.2) is 0 Å². The molecule has 0 aliphatic carbocycles. The number of nitrogens with zero attached hydrogens (tertiary/aromatic N) is 4. The number of benzene rings is 1. The molecule has 0 saturated heterocycles.